The van der Waals surface area contributed by atoms with Crippen LogP contribution in [0.3, 0.4) is 0 Å². The molecule has 4 rings (SSSR count). The van der Waals surface area contributed by atoms with Crippen LogP contribution in [0.15, 0.2) is 48.5 Å². The van der Waals surface area contributed by atoms with Gasteiger partial charge in [-0.3, -0.25) is 4.98 Å². The van der Waals surface area contributed by atoms with Crippen molar-refractivity contribution in [3.8, 4) is 16.9 Å². The van der Waals surface area contributed by atoms with E-state index in [1.165, 1.54) is 30.7 Å². The molecule has 2 heterocycles. The molecular formula is C21H19F3N2O. The molecule has 27 heavy (non-hydrogen) atoms. The maximum atomic E-state index is 12.3. The summed E-state index contributed by atoms with van der Waals surface area (Å²) in [6, 6.07) is 14.0. The summed E-state index contributed by atoms with van der Waals surface area (Å²) in [5, 5.41) is 1.10. The van der Waals surface area contributed by atoms with Crippen LogP contribution >= 0.6 is 0 Å². The van der Waals surface area contributed by atoms with Crippen molar-refractivity contribution >= 4 is 16.6 Å². The van der Waals surface area contributed by atoms with Crippen molar-refractivity contribution in [2.45, 2.75) is 26.1 Å². The maximum absolute atomic E-state index is 12.3. The third kappa shape index (κ3) is 3.84. The van der Waals surface area contributed by atoms with E-state index < -0.39 is 6.36 Å². The molecule has 1 fully saturated rings. The van der Waals surface area contributed by atoms with Crippen LogP contribution in [0.25, 0.3) is 22.0 Å². The second-order valence-corrected chi connectivity index (χ2v) is 6.78. The monoisotopic (exact) mass is 372 g/mol. The molecule has 1 aliphatic rings. The van der Waals surface area contributed by atoms with Gasteiger partial charge in [0, 0.05) is 29.9 Å². The second kappa shape index (κ2) is 6.76. The predicted molar refractivity (Wildman–Crippen MR) is 100 cm³/mol. The molecule has 0 atom stereocenters. The van der Waals surface area contributed by atoms with Crippen molar-refractivity contribution in [3.05, 3.63) is 54.2 Å². The van der Waals surface area contributed by atoms with Crippen LogP contribution in [0.2, 0.25) is 0 Å². The lowest BCUT2D eigenvalue weighted by atomic mass is 10.0. The Morgan fingerprint density at radius 2 is 1.59 bits per heavy atom. The molecule has 6 heteroatoms. The molecule has 0 bridgehead atoms. The largest absolute Gasteiger partial charge is 0.573 e. The highest BCUT2D eigenvalue weighted by Gasteiger charge is 2.31. The quantitative estimate of drug-likeness (QED) is 0.589. The van der Waals surface area contributed by atoms with E-state index >= 15 is 0 Å². The minimum Gasteiger partial charge on any atom is -0.406 e. The van der Waals surface area contributed by atoms with Gasteiger partial charge in [-0.2, -0.15) is 0 Å². The first-order chi connectivity index (χ1) is 12.9. The van der Waals surface area contributed by atoms with Crippen molar-refractivity contribution in [3.63, 3.8) is 0 Å². The smallest absolute Gasteiger partial charge is 0.406 e. The molecule has 2 aromatic carbocycles. The number of rotatable bonds is 3. The van der Waals surface area contributed by atoms with E-state index in [0.29, 0.717) is 0 Å². The Balaban J connectivity index is 1.69. The summed E-state index contributed by atoms with van der Waals surface area (Å²) in [5.41, 5.74) is 4.78. The average molecular weight is 372 g/mol. The van der Waals surface area contributed by atoms with Gasteiger partial charge in [0.15, 0.2) is 0 Å². The fourth-order valence-corrected chi connectivity index (χ4v) is 3.59. The van der Waals surface area contributed by atoms with Crippen molar-refractivity contribution < 1.29 is 17.9 Å². The van der Waals surface area contributed by atoms with Gasteiger partial charge in [-0.15, -0.1) is 13.2 Å². The van der Waals surface area contributed by atoms with Gasteiger partial charge >= 0.3 is 6.36 Å². The predicted octanol–water partition coefficient (Wildman–Crippen LogP) is 5.71. The van der Waals surface area contributed by atoms with Crippen LogP contribution in [0.5, 0.6) is 5.75 Å². The molecule has 0 spiro atoms. The summed E-state index contributed by atoms with van der Waals surface area (Å²) in [4.78, 5) is 7.05. The van der Waals surface area contributed by atoms with Crippen molar-refractivity contribution in [1.82, 2.24) is 4.98 Å². The first kappa shape index (κ1) is 17.6. The summed E-state index contributed by atoms with van der Waals surface area (Å²) in [7, 11) is 0. The topological polar surface area (TPSA) is 25.4 Å². The fourth-order valence-electron chi connectivity index (χ4n) is 3.59. The standard InChI is InChI=1S/C21H19F3N2O/c1-14-12-20(26-10-2-3-11-26)18-9-6-16(13-19(18)25-14)15-4-7-17(8-5-15)27-21(22,23)24/h4-9,12-13H,2-3,10-11H2,1H3. The third-order valence-electron chi connectivity index (χ3n) is 4.78. The second-order valence-electron chi connectivity index (χ2n) is 6.78. The number of anilines is 1. The van der Waals surface area contributed by atoms with Crippen LogP contribution in [0.1, 0.15) is 18.5 Å². The van der Waals surface area contributed by atoms with Gasteiger partial charge in [0.1, 0.15) is 5.75 Å². The SMILES string of the molecule is Cc1cc(N2CCCC2)c2ccc(-c3ccc(OC(F)(F)F)cc3)cc2n1. The average Bonchev–Trinajstić information content (AvgIpc) is 3.14. The van der Waals surface area contributed by atoms with E-state index in [1.54, 1.807) is 12.1 Å². The molecule has 0 saturated carbocycles. The molecule has 0 N–H and O–H groups in total. The minimum absolute atomic E-state index is 0.225. The van der Waals surface area contributed by atoms with E-state index in [-0.39, 0.29) is 5.75 Å². The third-order valence-corrected chi connectivity index (χ3v) is 4.78. The molecule has 0 amide bonds. The van der Waals surface area contributed by atoms with Gasteiger partial charge in [0.2, 0.25) is 0 Å². The van der Waals surface area contributed by atoms with E-state index in [1.807, 2.05) is 25.1 Å². The number of pyridine rings is 1. The van der Waals surface area contributed by atoms with Crippen molar-refractivity contribution in [2.24, 2.45) is 0 Å². The number of fused-ring (bicyclic) bond motifs is 1. The zero-order chi connectivity index (χ0) is 19.0. The van der Waals surface area contributed by atoms with Crippen molar-refractivity contribution in [2.75, 3.05) is 18.0 Å². The molecule has 0 unspecified atom stereocenters. The molecule has 140 valence electrons. The Morgan fingerprint density at radius 3 is 2.26 bits per heavy atom. The normalized spacial score (nSPS) is 14.7. The molecule has 3 aromatic rings. The van der Waals surface area contributed by atoms with Gasteiger partial charge in [0.05, 0.1) is 5.52 Å². The Hall–Kier alpha value is -2.76. The van der Waals surface area contributed by atoms with E-state index in [4.69, 9.17) is 0 Å². The Labute approximate surface area is 155 Å². The highest BCUT2D eigenvalue weighted by Crippen LogP contribution is 2.33. The number of ether oxygens (including phenoxy) is 1. The Bertz CT molecular complexity index is 962. The minimum atomic E-state index is -4.68. The van der Waals surface area contributed by atoms with Gasteiger partial charge in [-0.05, 0) is 55.2 Å². The lowest BCUT2D eigenvalue weighted by Gasteiger charge is -2.20. The number of nitrogens with zero attached hydrogens (tertiary/aromatic N) is 2. The maximum Gasteiger partial charge on any atom is 0.573 e. The van der Waals surface area contributed by atoms with Gasteiger partial charge < -0.3 is 9.64 Å². The summed E-state index contributed by atoms with van der Waals surface area (Å²) < 4.78 is 40.9. The number of benzene rings is 2. The lowest BCUT2D eigenvalue weighted by molar-refractivity contribution is -0.274. The summed E-state index contributed by atoms with van der Waals surface area (Å²) >= 11 is 0. The summed E-state index contributed by atoms with van der Waals surface area (Å²) in [5.74, 6) is -0.225. The fraction of sp³-hybridized carbons (Fsp3) is 0.286. The van der Waals surface area contributed by atoms with Crippen molar-refractivity contribution in [1.29, 1.82) is 0 Å². The first-order valence-electron chi connectivity index (χ1n) is 8.92. The van der Waals surface area contributed by atoms with Crippen LogP contribution in [0, 0.1) is 6.92 Å². The first-order valence-corrected chi connectivity index (χ1v) is 8.92. The number of alkyl halides is 3. The highest BCUT2D eigenvalue weighted by molar-refractivity contribution is 5.94. The zero-order valence-corrected chi connectivity index (χ0v) is 14.9. The molecule has 1 saturated heterocycles. The Kier molecular flexibility index (Phi) is 4.42. The molecule has 0 aliphatic carbocycles. The van der Waals surface area contributed by atoms with Crippen LogP contribution in [0.4, 0.5) is 18.9 Å². The molecule has 3 nitrogen and oxygen atoms in total. The molecule has 0 radical (unpaired) electrons. The van der Waals surface area contributed by atoms with Crippen LogP contribution in [-0.2, 0) is 0 Å². The van der Waals surface area contributed by atoms with Gasteiger partial charge in [0.25, 0.3) is 0 Å². The number of aryl methyl sites for hydroxylation is 1. The lowest BCUT2D eigenvalue weighted by Crippen LogP contribution is -2.18. The Morgan fingerprint density at radius 1 is 0.926 bits per heavy atom. The number of halogens is 3. The van der Waals surface area contributed by atoms with Gasteiger partial charge in [-0.1, -0.05) is 24.3 Å². The molecule has 1 aliphatic heterocycles. The van der Waals surface area contributed by atoms with E-state index in [0.717, 1.165) is 40.8 Å². The highest BCUT2D eigenvalue weighted by atomic mass is 19.4. The van der Waals surface area contributed by atoms with Gasteiger partial charge in [-0.25, -0.2) is 0 Å². The molecule has 1 aromatic heterocycles. The summed E-state index contributed by atoms with van der Waals surface area (Å²) in [6.45, 7) is 4.09. The van der Waals surface area contributed by atoms with E-state index in [2.05, 4.69) is 20.7 Å². The number of hydrogen-bond acceptors (Lipinski definition) is 3. The zero-order valence-electron chi connectivity index (χ0n) is 14.9. The van der Waals surface area contributed by atoms with Crippen LogP contribution in [-0.4, -0.2) is 24.4 Å². The number of hydrogen-bond donors (Lipinski definition) is 0. The number of aromatic nitrogens is 1. The van der Waals surface area contributed by atoms with Crippen LogP contribution < -0.4 is 9.64 Å². The summed E-state index contributed by atoms with van der Waals surface area (Å²) in [6.07, 6.45) is -2.28. The molecular weight excluding hydrogens is 353 g/mol. The van der Waals surface area contributed by atoms with E-state index in [9.17, 15) is 13.2 Å².